The van der Waals surface area contributed by atoms with Gasteiger partial charge in [-0.05, 0) is 62.1 Å². The van der Waals surface area contributed by atoms with Gasteiger partial charge in [0.15, 0.2) is 0 Å². The maximum atomic E-state index is 12.8. The van der Waals surface area contributed by atoms with Gasteiger partial charge in [-0.25, -0.2) is 13.4 Å². The second kappa shape index (κ2) is 7.26. The second-order valence-corrected chi connectivity index (χ2v) is 9.43. The summed E-state index contributed by atoms with van der Waals surface area (Å²) in [6.45, 7) is 3.99. The molecule has 1 aromatic heterocycles. The Hall–Kier alpha value is -1.89. The van der Waals surface area contributed by atoms with Gasteiger partial charge in [0, 0.05) is 24.7 Å². The van der Waals surface area contributed by atoms with E-state index < -0.39 is 10.0 Å². The van der Waals surface area contributed by atoms with Crippen molar-refractivity contribution in [1.29, 1.82) is 0 Å². The van der Waals surface area contributed by atoms with Crippen LogP contribution in [0.3, 0.4) is 0 Å². The zero-order valence-electron chi connectivity index (χ0n) is 15.2. The van der Waals surface area contributed by atoms with Crippen molar-refractivity contribution in [3.63, 3.8) is 0 Å². The highest BCUT2D eigenvalue weighted by molar-refractivity contribution is 7.89. The van der Waals surface area contributed by atoms with Gasteiger partial charge in [-0.1, -0.05) is 23.7 Å². The van der Waals surface area contributed by atoms with Gasteiger partial charge in [-0.3, -0.25) is 0 Å². The number of para-hydroxylation sites is 2. The lowest BCUT2D eigenvalue weighted by molar-refractivity contribution is 0.253. The fourth-order valence-corrected chi connectivity index (χ4v) is 5.37. The van der Waals surface area contributed by atoms with Gasteiger partial charge in [-0.15, -0.1) is 0 Å². The molecular weight excluding hydrogens is 382 g/mol. The Morgan fingerprint density at radius 1 is 1.07 bits per heavy atom. The molecular formula is C20H22ClN3O2S. The van der Waals surface area contributed by atoms with Crippen LogP contribution in [0, 0.1) is 12.8 Å². The van der Waals surface area contributed by atoms with Crippen molar-refractivity contribution in [3.05, 3.63) is 59.4 Å². The summed E-state index contributed by atoms with van der Waals surface area (Å²) in [4.78, 5) is 4.93. The van der Waals surface area contributed by atoms with Crippen LogP contribution in [0.25, 0.3) is 11.0 Å². The molecule has 0 bridgehead atoms. The van der Waals surface area contributed by atoms with E-state index in [2.05, 4.69) is 15.6 Å². The molecule has 1 aliphatic heterocycles. The highest BCUT2D eigenvalue weighted by Gasteiger charge is 2.29. The quantitative estimate of drug-likeness (QED) is 0.659. The number of benzene rings is 2. The van der Waals surface area contributed by atoms with Crippen LogP contribution in [0.2, 0.25) is 5.02 Å². The molecule has 5 nitrogen and oxygen atoms in total. The van der Waals surface area contributed by atoms with Gasteiger partial charge in [0.25, 0.3) is 0 Å². The highest BCUT2D eigenvalue weighted by Crippen LogP contribution is 2.27. The van der Waals surface area contributed by atoms with E-state index in [1.165, 1.54) is 0 Å². The molecule has 0 atom stereocenters. The lowest BCUT2D eigenvalue weighted by Crippen LogP contribution is -2.39. The Labute approximate surface area is 164 Å². The van der Waals surface area contributed by atoms with Crippen LogP contribution in [0.5, 0.6) is 0 Å². The Bertz CT molecular complexity index is 1050. The van der Waals surface area contributed by atoms with Crippen molar-refractivity contribution < 1.29 is 8.42 Å². The fraction of sp³-hybridized carbons (Fsp3) is 0.350. The van der Waals surface area contributed by atoms with Gasteiger partial charge in [0.2, 0.25) is 10.0 Å². The van der Waals surface area contributed by atoms with Crippen molar-refractivity contribution in [2.45, 2.75) is 31.2 Å². The summed E-state index contributed by atoms with van der Waals surface area (Å²) in [5.41, 5.74) is 2.16. The number of fused-ring (bicyclic) bond motifs is 1. The van der Waals surface area contributed by atoms with E-state index in [9.17, 15) is 8.42 Å². The summed E-state index contributed by atoms with van der Waals surface area (Å²) >= 11 is 5.87. The van der Waals surface area contributed by atoms with E-state index in [0.717, 1.165) is 36.2 Å². The SMILES string of the molecule is Cc1nc2ccccc2n1CC1CCN(S(=O)(=O)c2ccc(Cl)cc2)CC1. The molecule has 0 radical (unpaired) electrons. The molecule has 0 unspecified atom stereocenters. The Morgan fingerprint density at radius 3 is 2.44 bits per heavy atom. The lowest BCUT2D eigenvalue weighted by Gasteiger charge is -2.31. The number of halogens is 1. The summed E-state index contributed by atoms with van der Waals surface area (Å²) in [5.74, 6) is 1.45. The van der Waals surface area contributed by atoms with Crippen molar-refractivity contribution in [2.24, 2.45) is 5.92 Å². The normalized spacial score (nSPS) is 16.8. The van der Waals surface area contributed by atoms with E-state index in [4.69, 9.17) is 11.6 Å². The predicted molar refractivity (Wildman–Crippen MR) is 107 cm³/mol. The van der Waals surface area contributed by atoms with Crippen LogP contribution < -0.4 is 0 Å². The monoisotopic (exact) mass is 403 g/mol. The zero-order chi connectivity index (χ0) is 19.0. The van der Waals surface area contributed by atoms with Gasteiger partial charge in [-0.2, -0.15) is 4.31 Å². The third-order valence-corrected chi connectivity index (χ3v) is 7.48. The maximum Gasteiger partial charge on any atom is 0.243 e. The Balaban J connectivity index is 1.46. The molecule has 0 N–H and O–H groups in total. The first-order valence-electron chi connectivity index (χ1n) is 9.13. The molecule has 4 rings (SSSR count). The molecule has 2 heterocycles. The van der Waals surface area contributed by atoms with Crippen LogP contribution in [-0.4, -0.2) is 35.4 Å². The number of piperidine rings is 1. The largest absolute Gasteiger partial charge is 0.328 e. The van der Waals surface area contributed by atoms with Crippen LogP contribution in [0.15, 0.2) is 53.4 Å². The molecule has 0 spiro atoms. The standard InChI is InChI=1S/C20H22ClN3O2S/c1-15-22-19-4-2-3-5-20(19)24(15)14-16-10-12-23(13-11-16)27(25,26)18-8-6-17(21)7-9-18/h2-9,16H,10-14H2,1H3. The highest BCUT2D eigenvalue weighted by atomic mass is 35.5. The number of aromatic nitrogens is 2. The fourth-order valence-electron chi connectivity index (χ4n) is 3.77. The number of nitrogens with zero attached hydrogens (tertiary/aromatic N) is 3. The van der Waals surface area contributed by atoms with Crippen LogP contribution in [-0.2, 0) is 16.6 Å². The second-order valence-electron chi connectivity index (χ2n) is 7.06. The molecule has 2 aromatic carbocycles. The number of sulfonamides is 1. The topological polar surface area (TPSA) is 55.2 Å². The van der Waals surface area contributed by atoms with Gasteiger partial charge >= 0.3 is 0 Å². The molecule has 142 valence electrons. The van der Waals surface area contributed by atoms with Gasteiger partial charge < -0.3 is 4.57 Å². The number of hydrogen-bond acceptors (Lipinski definition) is 3. The zero-order valence-corrected chi connectivity index (χ0v) is 16.7. The van der Waals surface area contributed by atoms with Crippen LogP contribution in [0.4, 0.5) is 0 Å². The summed E-state index contributed by atoms with van der Waals surface area (Å²) in [6, 6.07) is 14.5. The predicted octanol–water partition coefficient (Wildman–Crippen LogP) is 4.10. The van der Waals surface area contributed by atoms with E-state index in [0.29, 0.717) is 28.9 Å². The Morgan fingerprint density at radius 2 is 1.74 bits per heavy atom. The lowest BCUT2D eigenvalue weighted by atomic mass is 9.98. The number of aryl methyl sites for hydroxylation is 1. The van der Waals surface area contributed by atoms with E-state index in [1.54, 1.807) is 28.6 Å². The van der Waals surface area contributed by atoms with Crippen molar-refractivity contribution in [1.82, 2.24) is 13.9 Å². The Kier molecular flexibility index (Phi) is 4.97. The minimum atomic E-state index is -3.45. The molecule has 1 saturated heterocycles. The van der Waals surface area contributed by atoms with E-state index >= 15 is 0 Å². The van der Waals surface area contributed by atoms with Gasteiger partial charge in [0.05, 0.1) is 15.9 Å². The smallest absolute Gasteiger partial charge is 0.243 e. The first kappa shape index (κ1) is 18.5. The van der Waals surface area contributed by atoms with Crippen LogP contribution >= 0.6 is 11.6 Å². The minimum Gasteiger partial charge on any atom is -0.328 e. The average Bonchev–Trinajstić information content (AvgIpc) is 2.98. The van der Waals surface area contributed by atoms with E-state index in [1.807, 2.05) is 25.1 Å². The number of imidazole rings is 1. The minimum absolute atomic E-state index is 0.307. The van der Waals surface area contributed by atoms with Crippen molar-refractivity contribution in [3.8, 4) is 0 Å². The third-order valence-electron chi connectivity index (χ3n) is 5.31. The molecule has 7 heteroatoms. The molecule has 1 fully saturated rings. The average molecular weight is 404 g/mol. The molecule has 0 amide bonds. The summed E-state index contributed by atoms with van der Waals surface area (Å²) < 4.78 is 29.5. The first-order chi connectivity index (χ1) is 12.9. The molecule has 3 aromatic rings. The summed E-state index contributed by atoms with van der Waals surface area (Å²) in [5, 5.41) is 0.538. The van der Waals surface area contributed by atoms with E-state index in [-0.39, 0.29) is 0 Å². The maximum absolute atomic E-state index is 12.8. The van der Waals surface area contributed by atoms with Crippen molar-refractivity contribution >= 4 is 32.7 Å². The molecule has 0 aliphatic carbocycles. The van der Waals surface area contributed by atoms with Crippen LogP contribution in [0.1, 0.15) is 18.7 Å². The molecule has 0 saturated carbocycles. The number of rotatable bonds is 4. The third kappa shape index (κ3) is 3.61. The number of hydrogen-bond donors (Lipinski definition) is 0. The summed E-state index contributed by atoms with van der Waals surface area (Å²) in [7, 11) is -3.45. The van der Waals surface area contributed by atoms with Gasteiger partial charge in [0.1, 0.15) is 5.82 Å². The van der Waals surface area contributed by atoms with Crippen molar-refractivity contribution in [2.75, 3.05) is 13.1 Å². The molecule has 1 aliphatic rings. The first-order valence-corrected chi connectivity index (χ1v) is 10.9. The molecule has 27 heavy (non-hydrogen) atoms. The summed E-state index contributed by atoms with van der Waals surface area (Å²) in [6.07, 6.45) is 1.69.